The van der Waals surface area contributed by atoms with Gasteiger partial charge in [-0.3, -0.25) is 0 Å². The Bertz CT molecular complexity index is 726. The van der Waals surface area contributed by atoms with E-state index < -0.39 is 14.6 Å². The third-order valence-corrected chi connectivity index (χ3v) is 7.14. The molecule has 25 heavy (non-hydrogen) atoms. The molecule has 0 aliphatic heterocycles. The molecule has 0 saturated heterocycles. The molecule has 0 atom stereocenters. The fourth-order valence-corrected chi connectivity index (χ4v) is 3.83. The number of aromatic nitrogens is 1. The molecule has 0 aliphatic rings. The second kappa shape index (κ2) is 8.65. The molecule has 2 aromatic rings. The molecule has 1 aromatic heterocycles. The molecule has 1 aromatic carbocycles. The SMILES string of the molecule is CC(C)(C)S(=O)(=O)CCCCCCCc1ccc(-c2ncco2)cc1. The number of hydrogen-bond acceptors (Lipinski definition) is 4. The van der Waals surface area contributed by atoms with Crippen molar-refractivity contribution < 1.29 is 12.8 Å². The zero-order valence-electron chi connectivity index (χ0n) is 15.5. The van der Waals surface area contributed by atoms with Crippen LogP contribution in [0.3, 0.4) is 0 Å². The summed E-state index contributed by atoms with van der Waals surface area (Å²) in [6.45, 7) is 5.32. The molecule has 5 heteroatoms. The second-order valence-electron chi connectivity index (χ2n) is 7.48. The van der Waals surface area contributed by atoms with Crippen LogP contribution in [0, 0.1) is 0 Å². The number of nitrogens with zero attached hydrogens (tertiary/aromatic N) is 1. The Morgan fingerprint density at radius 1 is 0.960 bits per heavy atom. The van der Waals surface area contributed by atoms with Crippen molar-refractivity contribution in [2.75, 3.05) is 5.75 Å². The summed E-state index contributed by atoms with van der Waals surface area (Å²) in [6, 6.07) is 8.32. The molecule has 1 heterocycles. The molecular formula is C20H29NO3S. The lowest BCUT2D eigenvalue weighted by atomic mass is 10.0. The predicted molar refractivity (Wildman–Crippen MR) is 102 cm³/mol. The van der Waals surface area contributed by atoms with Crippen molar-refractivity contribution >= 4 is 9.84 Å². The zero-order chi connectivity index (χ0) is 18.3. The zero-order valence-corrected chi connectivity index (χ0v) is 16.3. The molecule has 0 amide bonds. The fourth-order valence-electron chi connectivity index (χ4n) is 2.64. The average molecular weight is 364 g/mol. The Hall–Kier alpha value is -1.62. The molecule has 0 fully saturated rings. The van der Waals surface area contributed by atoms with E-state index in [0.29, 0.717) is 11.6 Å². The molecule has 0 saturated carbocycles. The van der Waals surface area contributed by atoms with Crippen LogP contribution >= 0.6 is 0 Å². The summed E-state index contributed by atoms with van der Waals surface area (Å²) in [5, 5.41) is 0. The van der Waals surface area contributed by atoms with Crippen molar-refractivity contribution in [3.05, 3.63) is 42.3 Å². The Morgan fingerprint density at radius 3 is 2.20 bits per heavy atom. The van der Waals surface area contributed by atoms with Crippen LogP contribution in [0.5, 0.6) is 0 Å². The average Bonchev–Trinajstić information content (AvgIpc) is 3.08. The summed E-state index contributed by atoms with van der Waals surface area (Å²) in [7, 11) is -2.97. The van der Waals surface area contributed by atoms with Crippen molar-refractivity contribution in [1.82, 2.24) is 4.98 Å². The number of sulfone groups is 1. The highest BCUT2D eigenvalue weighted by Gasteiger charge is 2.27. The molecular weight excluding hydrogens is 334 g/mol. The number of hydrogen-bond donors (Lipinski definition) is 0. The van der Waals surface area contributed by atoms with Crippen LogP contribution < -0.4 is 0 Å². The largest absolute Gasteiger partial charge is 0.445 e. The van der Waals surface area contributed by atoms with E-state index in [9.17, 15) is 8.42 Å². The molecule has 0 aliphatic carbocycles. The standard InChI is InChI=1S/C20H29NO3S/c1-20(2,3)25(22,23)16-8-6-4-5-7-9-17-10-12-18(13-11-17)19-21-14-15-24-19/h10-15H,4-9,16H2,1-3H3. The van der Waals surface area contributed by atoms with Gasteiger partial charge in [0.1, 0.15) is 6.26 Å². The van der Waals surface area contributed by atoms with E-state index in [4.69, 9.17) is 4.42 Å². The predicted octanol–water partition coefficient (Wildman–Crippen LogP) is 5.05. The lowest BCUT2D eigenvalue weighted by molar-refractivity contribution is 0.552. The first-order chi connectivity index (χ1) is 11.8. The highest BCUT2D eigenvalue weighted by atomic mass is 32.2. The van der Waals surface area contributed by atoms with E-state index in [-0.39, 0.29) is 0 Å². The van der Waals surface area contributed by atoms with Crippen LogP contribution in [0.4, 0.5) is 0 Å². The maximum absolute atomic E-state index is 12.0. The van der Waals surface area contributed by atoms with Gasteiger partial charge in [-0.1, -0.05) is 31.4 Å². The molecule has 0 spiro atoms. The molecule has 2 rings (SSSR count). The van der Waals surface area contributed by atoms with Gasteiger partial charge in [0.25, 0.3) is 0 Å². The molecule has 138 valence electrons. The van der Waals surface area contributed by atoms with E-state index in [1.54, 1.807) is 33.2 Å². The molecule has 0 unspecified atom stereocenters. The minimum Gasteiger partial charge on any atom is -0.445 e. The van der Waals surface area contributed by atoms with Crippen molar-refractivity contribution in [3.63, 3.8) is 0 Å². The van der Waals surface area contributed by atoms with Gasteiger partial charge >= 0.3 is 0 Å². The van der Waals surface area contributed by atoms with Crippen LogP contribution in [-0.4, -0.2) is 23.9 Å². The summed E-state index contributed by atoms with van der Waals surface area (Å²) in [6.07, 6.45) is 9.39. The van der Waals surface area contributed by atoms with Gasteiger partial charge in [-0.25, -0.2) is 13.4 Å². The first-order valence-electron chi connectivity index (χ1n) is 9.01. The Labute approximate surface area is 151 Å². The molecule has 4 nitrogen and oxygen atoms in total. The van der Waals surface area contributed by atoms with Gasteiger partial charge < -0.3 is 4.42 Å². The monoisotopic (exact) mass is 363 g/mol. The number of aryl methyl sites for hydroxylation is 1. The highest BCUT2D eigenvalue weighted by molar-refractivity contribution is 7.92. The summed E-state index contributed by atoms with van der Waals surface area (Å²) < 4.78 is 28.7. The maximum atomic E-state index is 12.0. The first-order valence-corrected chi connectivity index (χ1v) is 10.7. The summed E-state index contributed by atoms with van der Waals surface area (Å²) in [4.78, 5) is 4.14. The number of benzene rings is 1. The smallest absolute Gasteiger partial charge is 0.225 e. The number of rotatable bonds is 9. The van der Waals surface area contributed by atoms with Crippen molar-refractivity contribution in [3.8, 4) is 11.5 Å². The number of unbranched alkanes of at least 4 members (excludes halogenated alkanes) is 4. The van der Waals surface area contributed by atoms with E-state index in [1.165, 1.54) is 5.56 Å². The second-order valence-corrected chi connectivity index (χ2v) is 10.3. The van der Waals surface area contributed by atoms with Gasteiger partial charge in [-0.05, 0) is 57.7 Å². The topological polar surface area (TPSA) is 60.2 Å². The highest BCUT2D eigenvalue weighted by Crippen LogP contribution is 2.20. The summed E-state index contributed by atoms with van der Waals surface area (Å²) >= 11 is 0. The number of oxazole rings is 1. The van der Waals surface area contributed by atoms with Gasteiger partial charge in [0.2, 0.25) is 5.89 Å². The molecule has 0 N–H and O–H groups in total. The van der Waals surface area contributed by atoms with Crippen molar-refractivity contribution in [2.45, 2.75) is 64.0 Å². The summed E-state index contributed by atoms with van der Waals surface area (Å²) in [5.74, 6) is 0.954. The fraction of sp³-hybridized carbons (Fsp3) is 0.550. The first kappa shape index (κ1) is 19.7. The van der Waals surface area contributed by atoms with Gasteiger partial charge in [0, 0.05) is 5.56 Å². The van der Waals surface area contributed by atoms with E-state index >= 15 is 0 Å². The Balaban J connectivity index is 1.62. The minimum absolute atomic E-state index is 0.304. The maximum Gasteiger partial charge on any atom is 0.225 e. The Kier molecular flexibility index (Phi) is 6.82. The van der Waals surface area contributed by atoms with Crippen LogP contribution in [-0.2, 0) is 16.3 Å². The minimum atomic E-state index is -2.97. The normalized spacial score (nSPS) is 12.4. The van der Waals surface area contributed by atoms with E-state index in [0.717, 1.165) is 44.1 Å². The van der Waals surface area contributed by atoms with Crippen LogP contribution in [0.15, 0.2) is 41.1 Å². The third kappa shape index (κ3) is 5.99. The van der Waals surface area contributed by atoms with E-state index in [2.05, 4.69) is 17.1 Å². The van der Waals surface area contributed by atoms with E-state index in [1.807, 2.05) is 12.1 Å². The lowest BCUT2D eigenvalue weighted by Gasteiger charge is -2.18. The Morgan fingerprint density at radius 2 is 1.60 bits per heavy atom. The quantitative estimate of drug-likeness (QED) is 0.585. The van der Waals surface area contributed by atoms with Gasteiger partial charge in [-0.15, -0.1) is 0 Å². The lowest BCUT2D eigenvalue weighted by Crippen LogP contribution is -2.30. The summed E-state index contributed by atoms with van der Waals surface area (Å²) in [5.41, 5.74) is 2.31. The van der Waals surface area contributed by atoms with Gasteiger partial charge in [0.15, 0.2) is 9.84 Å². The van der Waals surface area contributed by atoms with Gasteiger partial charge in [0.05, 0.1) is 16.7 Å². The molecule has 0 radical (unpaired) electrons. The van der Waals surface area contributed by atoms with Gasteiger partial charge in [-0.2, -0.15) is 0 Å². The van der Waals surface area contributed by atoms with Crippen LogP contribution in [0.25, 0.3) is 11.5 Å². The van der Waals surface area contributed by atoms with Crippen LogP contribution in [0.2, 0.25) is 0 Å². The van der Waals surface area contributed by atoms with Crippen molar-refractivity contribution in [2.24, 2.45) is 0 Å². The van der Waals surface area contributed by atoms with Crippen molar-refractivity contribution in [1.29, 1.82) is 0 Å². The third-order valence-electron chi connectivity index (χ3n) is 4.44. The van der Waals surface area contributed by atoms with Crippen LogP contribution in [0.1, 0.15) is 58.4 Å². The molecule has 0 bridgehead atoms.